The van der Waals surface area contributed by atoms with E-state index in [1.54, 1.807) is 23.5 Å². The molecule has 23 heavy (non-hydrogen) atoms. The number of hydrogen-bond acceptors (Lipinski definition) is 3. The van der Waals surface area contributed by atoms with Crippen molar-refractivity contribution in [2.75, 3.05) is 13.1 Å². The van der Waals surface area contributed by atoms with Crippen molar-refractivity contribution in [2.45, 2.75) is 31.8 Å². The highest BCUT2D eigenvalue weighted by Gasteiger charge is 2.28. The predicted molar refractivity (Wildman–Crippen MR) is 90.8 cm³/mol. The maximum absolute atomic E-state index is 13.0. The molecule has 0 spiro atoms. The van der Waals surface area contributed by atoms with Gasteiger partial charge in [-0.15, -0.1) is 11.3 Å². The van der Waals surface area contributed by atoms with Crippen LogP contribution in [0.3, 0.4) is 0 Å². The molecular formula is C18H21FN2OS. The summed E-state index contributed by atoms with van der Waals surface area (Å²) in [5.41, 5.74) is 0.913. The van der Waals surface area contributed by atoms with E-state index in [9.17, 15) is 9.18 Å². The first-order valence-electron chi connectivity index (χ1n) is 7.96. The van der Waals surface area contributed by atoms with E-state index < -0.39 is 0 Å². The number of benzene rings is 1. The summed E-state index contributed by atoms with van der Waals surface area (Å²) in [6, 6.07) is 10.7. The average molecular weight is 332 g/mol. The third-order valence-electron chi connectivity index (χ3n) is 4.33. The van der Waals surface area contributed by atoms with Gasteiger partial charge < -0.3 is 5.32 Å². The number of halogens is 1. The molecule has 1 aliphatic rings. The number of hydrogen-bond donors (Lipinski definition) is 1. The zero-order valence-electron chi connectivity index (χ0n) is 13.2. The fourth-order valence-electron chi connectivity index (χ4n) is 3.12. The number of thiophene rings is 1. The van der Waals surface area contributed by atoms with Crippen molar-refractivity contribution < 1.29 is 9.18 Å². The van der Waals surface area contributed by atoms with Gasteiger partial charge >= 0.3 is 0 Å². The highest BCUT2D eigenvalue weighted by molar-refractivity contribution is 7.10. The quantitative estimate of drug-likeness (QED) is 0.900. The van der Waals surface area contributed by atoms with Crippen LogP contribution in [-0.2, 0) is 4.79 Å². The van der Waals surface area contributed by atoms with Gasteiger partial charge in [-0.1, -0.05) is 18.2 Å². The fraction of sp³-hybridized carbons (Fsp3) is 0.389. The van der Waals surface area contributed by atoms with E-state index in [0.29, 0.717) is 12.6 Å². The molecule has 5 heteroatoms. The normalized spacial score (nSPS) is 19.7. The van der Waals surface area contributed by atoms with Crippen molar-refractivity contribution in [3.63, 3.8) is 0 Å². The Bertz CT molecular complexity index is 642. The summed E-state index contributed by atoms with van der Waals surface area (Å²) in [5.74, 6) is -0.242. The van der Waals surface area contributed by atoms with Crippen molar-refractivity contribution in [2.24, 2.45) is 0 Å². The van der Waals surface area contributed by atoms with Gasteiger partial charge in [0.25, 0.3) is 0 Å². The zero-order valence-corrected chi connectivity index (χ0v) is 14.0. The lowest BCUT2D eigenvalue weighted by Crippen LogP contribution is -2.37. The average Bonchev–Trinajstić information content (AvgIpc) is 3.18. The van der Waals surface area contributed by atoms with E-state index in [1.807, 2.05) is 6.92 Å². The summed E-state index contributed by atoms with van der Waals surface area (Å²) in [4.78, 5) is 15.9. The zero-order chi connectivity index (χ0) is 16.2. The summed E-state index contributed by atoms with van der Waals surface area (Å²) in [6.07, 6.45) is 2.24. The minimum atomic E-state index is -0.261. The van der Waals surface area contributed by atoms with Crippen LogP contribution in [0.4, 0.5) is 4.39 Å². The lowest BCUT2D eigenvalue weighted by Gasteiger charge is -2.24. The standard InChI is InChI=1S/C18H21FN2OS/c1-13(14-6-8-15(19)9-7-14)20-18(22)12-21-10-2-4-16(21)17-5-3-11-23-17/h3,5-9,11,13,16H,2,4,10,12H2,1H3,(H,20,22)/t13-,16+/m1/s1. The second kappa shape index (κ2) is 7.23. The first kappa shape index (κ1) is 16.1. The molecular weight excluding hydrogens is 311 g/mol. The van der Waals surface area contributed by atoms with E-state index in [4.69, 9.17) is 0 Å². The Morgan fingerprint density at radius 1 is 1.39 bits per heavy atom. The Morgan fingerprint density at radius 3 is 2.87 bits per heavy atom. The Labute approximate surface area is 140 Å². The summed E-state index contributed by atoms with van der Waals surface area (Å²) in [5, 5.41) is 5.09. The molecule has 0 radical (unpaired) electrons. The predicted octanol–water partition coefficient (Wildman–Crippen LogP) is 3.90. The Balaban J connectivity index is 1.57. The van der Waals surface area contributed by atoms with Gasteiger partial charge in [-0.25, -0.2) is 4.39 Å². The Hall–Kier alpha value is -1.72. The molecule has 1 N–H and O–H groups in total. The van der Waals surface area contributed by atoms with Crippen LogP contribution >= 0.6 is 11.3 Å². The number of likely N-dealkylation sites (tertiary alicyclic amines) is 1. The van der Waals surface area contributed by atoms with Crippen molar-refractivity contribution in [1.82, 2.24) is 10.2 Å². The molecule has 1 saturated heterocycles. The summed E-state index contributed by atoms with van der Waals surface area (Å²) in [6.45, 7) is 3.29. The Morgan fingerprint density at radius 2 is 2.17 bits per heavy atom. The fourth-order valence-corrected chi connectivity index (χ4v) is 4.02. The monoisotopic (exact) mass is 332 g/mol. The SMILES string of the molecule is C[C@@H](NC(=O)CN1CCC[C@H]1c1cccs1)c1ccc(F)cc1. The van der Waals surface area contributed by atoms with Gasteiger partial charge in [0, 0.05) is 10.9 Å². The van der Waals surface area contributed by atoms with E-state index in [0.717, 1.165) is 24.9 Å². The summed E-state index contributed by atoms with van der Waals surface area (Å²) >= 11 is 1.75. The second-order valence-corrected chi connectivity index (χ2v) is 6.96. The molecule has 3 rings (SSSR count). The molecule has 2 heterocycles. The molecule has 0 aliphatic carbocycles. The maximum Gasteiger partial charge on any atom is 0.234 e. The smallest absolute Gasteiger partial charge is 0.234 e. The summed E-state index contributed by atoms with van der Waals surface area (Å²) < 4.78 is 13.0. The van der Waals surface area contributed by atoms with Crippen LogP contribution in [-0.4, -0.2) is 23.9 Å². The molecule has 1 aliphatic heterocycles. The van der Waals surface area contributed by atoms with Crippen molar-refractivity contribution in [3.8, 4) is 0 Å². The molecule has 0 bridgehead atoms. The minimum absolute atomic E-state index is 0.0188. The topological polar surface area (TPSA) is 32.3 Å². The lowest BCUT2D eigenvalue weighted by atomic mass is 10.1. The molecule has 122 valence electrons. The third kappa shape index (κ3) is 3.98. The van der Waals surface area contributed by atoms with Gasteiger partial charge in [0.15, 0.2) is 0 Å². The first-order chi connectivity index (χ1) is 11.1. The van der Waals surface area contributed by atoms with Crippen molar-refractivity contribution >= 4 is 17.2 Å². The number of nitrogens with one attached hydrogen (secondary N) is 1. The van der Waals surface area contributed by atoms with Crippen LogP contribution in [0, 0.1) is 5.82 Å². The Kier molecular flexibility index (Phi) is 5.08. The van der Waals surface area contributed by atoms with Crippen molar-refractivity contribution in [3.05, 3.63) is 58.0 Å². The lowest BCUT2D eigenvalue weighted by molar-refractivity contribution is -0.123. The highest BCUT2D eigenvalue weighted by Crippen LogP contribution is 2.34. The molecule has 3 nitrogen and oxygen atoms in total. The van der Waals surface area contributed by atoms with Gasteiger partial charge in [0.2, 0.25) is 5.91 Å². The summed E-state index contributed by atoms with van der Waals surface area (Å²) in [7, 11) is 0. The van der Waals surface area contributed by atoms with Crippen molar-refractivity contribution in [1.29, 1.82) is 0 Å². The van der Waals surface area contributed by atoms with E-state index >= 15 is 0 Å². The molecule has 1 fully saturated rings. The molecule has 0 saturated carbocycles. The molecule has 1 amide bonds. The highest BCUT2D eigenvalue weighted by atomic mass is 32.1. The molecule has 1 aromatic heterocycles. The van der Waals surface area contributed by atoms with Crippen LogP contribution in [0.25, 0.3) is 0 Å². The molecule has 2 aromatic rings. The number of amides is 1. The third-order valence-corrected chi connectivity index (χ3v) is 5.30. The molecule has 0 unspecified atom stereocenters. The number of rotatable bonds is 5. The number of nitrogens with zero attached hydrogens (tertiary/aromatic N) is 1. The second-order valence-electron chi connectivity index (χ2n) is 5.98. The minimum Gasteiger partial charge on any atom is -0.348 e. The maximum atomic E-state index is 13.0. The largest absolute Gasteiger partial charge is 0.348 e. The number of carbonyl (C=O) groups excluding carboxylic acids is 1. The van der Waals surface area contributed by atoms with Gasteiger partial charge in [-0.2, -0.15) is 0 Å². The van der Waals surface area contributed by atoms with Crippen LogP contribution < -0.4 is 5.32 Å². The molecule has 2 atom stereocenters. The van der Waals surface area contributed by atoms with Gasteiger partial charge in [0.05, 0.1) is 12.6 Å². The van der Waals surface area contributed by atoms with Crippen LogP contribution in [0.15, 0.2) is 41.8 Å². The van der Waals surface area contributed by atoms with Crippen LogP contribution in [0.2, 0.25) is 0 Å². The van der Waals surface area contributed by atoms with Gasteiger partial charge in [0.1, 0.15) is 5.82 Å². The van der Waals surface area contributed by atoms with E-state index in [-0.39, 0.29) is 17.8 Å². The number of carbonyl (C=O) groups is 1. The van der Waals surface area contributed by atoms with Gasteiger partial charge in [-0.3, -0.25) is 9.69 Å². The van der Waals surface area contributed by atoms with E-state index in [2.05, 4.69) is 27.7 Å². The first-order valence-corrected chi connectivity index (χ1v) is 8.84. The van der Waals surface area contributed by atoms with Gasteiger partial charge in [-0.05, 0) is 55.5 Å². The van der Waals surface area contributed by atoms with Crippen LogP contribution in [0.5, 0.6) is 0 Å². The van der Waals surface area contributed by atoms with E-state index in [1.165, 1.54) is 17.0 Å². The molecule has 1 aromatic carbocycles. The van der Waals surface area contributed by atoms with Crippen LogP contribution in [0.1, 0.15) is 42.3 Å².